The number of nitrogens with two attached hydrogens (primary N) is 1. The fourth-order valence-corrected chi connectivity index (χ4v) is 7.99. The van der Waals surface area contributed by atoms with E-state index in [0.29, 0.717) is 17.1 Å². The zero-order chi connectivity index (χ0) is 32.2. The van der Waals surface area contributed by atoms with Crippen molar-refractivity contribution in [2.24, 2.45) is 28.4 Å². The van der Waals surface area contributed by atoms with E-state index in [0.717, 1.165) is 38.5 Å². The number of nitrogens with one attached hydrogen (secondary N) is 3. The van der Waals surface area contributed by atoms with E-state index < -0.39 is 0 Å². The van der Waals surface area contributed by atoms with E-state index in [2.05, 4.69) is 20.9 Å². The normalized spacial score (nSPS) is 29.5. The molecule has 5 N–H and O–H groups in total. The van der Waals surface area contributed by atoms with E-state index in [1.54, 1.807) is 42.5 Å². The first-order chi connectivity index (χ1) is 21.2. The van der Waals surface area contributed by atoms with Crippen molar-refractivity contribution in [1.29, 1.82) is 0 Å². The van der Waals surface area contributed by atoms with Crippen molar-refractivity contribution >= 4 is 40.7 Å². The van der Waals surface area contributed by atoms with Crippen LogP contribution in [0.4, 0.5) is 20.2 Å². The summed E-state index contributed by atoms with van der Waals surface area (Å²) in [5.41, 5.74) is 7.33. The molecule has 6 aliphatic rings. The second-order valence-corrected chi connectivity index (χ2v) is 14.1. The van der Waals surface area contributed by atoms with Gasteiger partial charge in [-0.05, 0) is 110 Å². The molecule has 9 rings (SSSR count). The third-order valence-corrected chi connectivity index (χ3v) is 10.6. The zero-order valence-corrected chi connectivity index (χ0v) is 25.9. The van der Waals surface area contributed by atoms with Crippen molar-refractivity contribution in [3.8, 4) is 0 Å². The predicted molar refractivity (Wildman–Crippen MR) is 167 cm³/mol. The van der Waals surface area contributed by atoms with Crippen molar-refractivity contribution in [1.82, 2.24) is 10.3 Å². The fourth-order valence-electron chi connectivity index (χ4n) is 7.83. The number of halogens is 3. The minimum absolute atomic E-state index is 0.00311. The van der Waals surface area contributed by atoms with Gasteiger partial charge >= 0.3 is 0 Å². The number of carbonyl (C=O) groups is 3. The van der Waals surface area contributed by atoms with Crippen LogP contribution in [0, 0.1) is 34.3 Å². The summed E-state index contributed by atoms with van der Waals surface area (Å²) in [7, 11) is 0. The van der Waals surface area contributed by atoms with Crippen LogP contribution in [0.5, 0.6) is 0 Å². The number of nitrogens with zero attached hydrogens (tertiary/aromatic N) is 1. The molecule has 3 aromatic rings. The molecule has 236 valence electrons. The Labute approximate surface area is 265 Å². The monoisotopic (exact) mass is 635 g/mol. The van der Waals surface area contributed by atoms with Gasteiger partial charge < -0.3 is 21.7 Å². The summed E-state index contributed by atoms with van der Waals surface area (Å²) in [6, 6.07) is 16.5. The van der Waals surface area contributed by atoms with Gasteiger partial charge in [0.2, 0.25) is 11.8 Å². The SMILES string of the molecule is C[C@H](C(=O)Nc1ccc(F)cc1)C12CC(N)(C1)C2.C[C@H](C(=O)Nc1ccc(F)cc1)C12CC(NC(=O)c3cccc(Cl)n3)(C1)C2. The van der Waals surface area contributed by atoms with Crippen LogP contribution >= 0.6 is 11.6 Å². The summed E-state index contributed by atoms with van der Waals surface area (Å²) >= 11 is 5.84. The van der Waals surface area contributed by atoms with Gasteiger partial charge in [0, 0.05) is 34.3 Å². The molecule has 0 radical (unpaired) electrons. The number of anilines is 2. The number of carbonyl (C=O) groups excluding carboxylic acids is 3. The lowest BCUT2D eigenvalue weighted by atomic mass is 9.36. The van der Waals surface area contributed by atoms with Gasteiger partial charge in [0.05, 0.1) is 0 Å². The van der Waals surface area contributed by atoms with Gasteiger partial charge in [-0.1, -0.05) is 31.5 Å². The lowest BCUT2D eigenvalue weighted by Gasteiger charge is -2.72. The molecule has 2 atom stereocenters. The van der Waals surface area contributed by atoms with Gasteiger partial charge in [-0.3, -0.25) is 14.4 Å². The minimum Gasteiger partial charge on any atom is -0.345 e. The smallest absolute Gasteiger partial charge is 0.270 e. The highest BCUT2D eigenvalue weighted by Gasteiger charge is 2.71. The quantitative estimate of drug-likeness (QED) is 0.223. The van der Waals surface area contributed by atoms with Crippen molar-refractivity contribution in [2.75, 3.05) is 10.6 Å². The largest absolute Gasteiger partial charge is 0.345 e. The molecule has 0 aliphatic heterocycles. The van der Waals surface area contributed by atoms with E-state index in [1.807, 2.05) is 13.8 Å². The minimum atomic E-state index is -0.340. The van der Waals surface area contributed by atoms with Crippen molar-refractivity contribution < 1.29 is 23.2 Å². The van der Waals surface area contributed by atoms with E-state index >= 15 is 0 Å². The Morgan fingerprint density at radius 1 is 0.756 bits per heavy atom. The number of pyridine rings is 1. The van der Waals surface area contributed by atoms with E-state index in [-0.39, 0.29) is 68.3 Å². The van der Waals surface area contributed by atoms with Gasteiger partial charge in [-0.25, -0.2) is 13.8 Å². The first-order valence-corrected chi connectivity index (χ1v) is 15.5. The summed E-state index contributed by atoms with van der Waals surface area (Å²) in [5.74, 6) is -1.19. The maximum Gasteiger partial charge on any atom is 0.270 e. The molecule has 8 nitrogen and oxygen atoms in total. The summed E-state index contributed by atoms with van der Waals surface area (Å²) in [6.45, 7) is 3.86. The standard InChI is InChI=1S/C20H19ClFN3O2.C14H17FN2O/c1-12(17(26)23-14-7-5-13(22)6-8-14)19-9-20(10-19,11-19)25-18(27)15-3-2-4-16(21)24-15;1-9(13-6-14(16,7-13)8-13)12(18)17-11-4-2-10(15)3-5-11/h2-8,12H,9-11H2,1H3,(H,23,26)(H,25,27);2-5,9H,6-8,16H2,1H3,(H,17,18)/t12-,19?,20?;9-,13?,14?/m11/s1. The number of hydrogen-bond donors (Lipinski definition) is 4. The van der Waals surface area contributed by atoms with Crippen LogP contribution in [0.1, 0.15) is 62.9 Å². The first-order valence-electron chi connectivity index (χ1n) is 15.1. The summed E-state index contributed by atoms with van der Waals surface area (Å²) < 4.78 is 25.7. The van der Waals surface area contributed by atoms with E-state index in [4.69, 9.17) is 17.3 Å². The van der Waals surface area contributed by atoms with Crippen molar-refractivity contribution in [2.45, 2.75) is 63.5 Å². The van der Waals surface area contributed by atoms with Crippen LogP contribution in [0.2, 0.25) is 5.15 Å². The summed E-state index contributed by atoms with van der Waals surface area (Å²) in [5, 5.41) is 8.99. The maximum absolute atomic E-state index is 13.0. The Balaban J connectivity index is 0.000000172. The molecule has 0 unspecified atom stereocenters. The van der Waals surface area contributed by atoms with Crippen molar-refractivity contribution in [3.05, 3.63) is 89.2 Å². The van der Waals surface area contributed by atoms with Gasteiger partial charge in [0.1, 0.15) is 22.5 Å². The number of rotatable bonds is 8. The summed E-state index contributed by atoms with van der Waals surface area (Å²) in [4.78, 5) is 41.0. The molecule has 45 heavy (non-hydrogen) atoms. The maximum atomic E-state index is 13.0. The van der Waals surface area contributed by atoms with Gasteiger partial charge in [0.15, 0.2) is 0 Å². The van der Waals surface area contributed by atoms with Gasteiger partial charge in [-0.15, -0.1) is 0 Å². The Morgan fingerprint density at radius 3 is 1.62 bits per heavy atom. The first kappa shape index (κ1) is 31.1. The number of amides is 3. The third kappa shape index (κ3) is 5.93. The molecule has 1 aromatic heterocycles. The Kier molecular flexibility index (Phi) is 7.72. The van der Waals surface area contributed by atoms with Crippen LogP contribution in [-0.2, 0) is 9.59 Å². The number of aromatic nitrogens is 1. The van der Waals surface area contributed by atoms with Crippen molar-refractivity contribution in [3.63, 3.8) is 0 Å². The highest BCUT2D eigenvalue weighted by molar-refractivity contribution is 6.29. The second-order valence-electron chi connectivity index (χ2n) is 13.7. The molecule has 1 heterocycles. The molecule has 0 spiro atoms. The third-order valence-electron chi connectivity index (χ3n) is 10.4. The van der Waals surface area contributed by atoms with Crippen LogP contribution < -0.4 is 21.7 Å². The van der Waals surface area contributed by atoms with Crippen LogP contribution in [-0.4, -0.2) is 33.8 Å². The van der Waals surface area contributed by atoms with Crippen LogP contribution in [0.15, 0.2) is 66.7 Å². The number of benzene rings is 2. The zero-order valence-electron chi connectivity index (χ0n) is 25.1. The lowest BCUT2D eigenvalue weighted by molar-refractivity contribution is -0.184. The summed E-state index contributed by atoms with van der Waals surface area (Å²) in [6.07, 6.45) is 5.17. The lowest BCUT2D eigenvalue weighted by Crippen LogP contribution is -2.77. The molecule has 2 aromatic carbocycles. The molecular weight excluding hydrogens is 600 g/mol. The average Bonchev–Trinajstić information content (AvgIpc) is 2.94. The van der Waals surface area contributed by atoms with Gasteiger partial charge in [-0.2, -0.15) is 0 Å². The molecule has 0 saturated heterocycles. The molecule has 6 aliphatic carbocycles. The molecule has 6 saturated carbocycles. The molecular formula is C34H36ClF2N5O3. The fraction of sp³-hybridized carbons (Fsp3) is 0.412. The topological polar surface area (TPSA) is 126 Å². The Hall–Kier alpha value is -3.89. The Bertz CT molecular complexity index is 1610. The molecule has 11 heteroatoms. The highest BCUT2D eigenvalue weighted by Crippen LogP contribution is 2.71. The molecule has 3 amide bonds. The predicted octanol–water partition coefficient (Wildman–Crippen LogP) is 6.08. The second kappa shape index (κ2) is 11.2. The van der Waals surface area contributed by atoms with E-state index in [1.165, 1.54) is 24.3 Å². The van der Waals surface area contributed by atoms with E-state index in [9.17, 15) is 23.2 Å². The Morgan fingerprint density at radius 2 is 1.20 bits per heavy atom. The van der Waals surface area contributed by atoms with Crippen LogP contribution in [0.3, 0.4) is 0 Å². The average molecular weight is 636 g/mol. The van der Waals surface area contributed by atoms with Crippen LogP contribution in [0.25, 0.3) is 0 Å². The van der Waals surface area contributed by atoms with Gasteiger partial charge in [0.25, 0.3) is 5.91 Å². The number of hydrogen-bond acceptors (Lipinski definition) is 5. The molecule has 4 bridgehead atoms. The molecule has 6 fully saturated rings. The highest BCUT2D eigenvalue weighted by atomic mass is 35.5.